The highest BCUT2D eigenvalue weighted by Crippen LogP contribution is 2.32. The average Bonchev–Trinajstić information content (AvgIpc) is 3.01. The van der Waals surface area contributed by atoms with Crippen LogP contribution in [0.15, 0.2) is 54.2 Å². The number of hydrogen-bond donors (Lipinski definition) is 1. The number of amides is 2. The molecular formula is C25H30N2O5. The second-order valence-corrected chi connectivity index (χ2v) is 7.82. The van der Waals surface area contributed by atoms with E-state index < -0.39 is 0 Å². The second kappa shape index (κ2) is 10.8. The molecule has 1 aliphatic heterocycles. The van der Waals surface area contributed by atoms with Crippen LogP contribution in [0.5, 0.6) is 11.5 Å². The lowest BCUT2D eigenvalue weighted by molar-refractivity contribution is -0.137. The third-order valence-corrected chi connectivity index (χ3v) is 4.83. The Morgan fingerprint density at radius 3 is 2.38 bits per heavy atom. The number of methoxy groups -OCH3 is 1. The van der Waals surface area contributed by atoms with Gasteiger partial charge in [-0.3, -0.25) is 14.5 Å². The Labute approximate surface area is 189 Å². The number of carbonyl (C=O) groups is 2. The molecule has 170 valence electrons. The van der Waals surface area contributed by atoms with Crippen LogP contribution in [0.3, 0.4) is 0 Å². The summed E-state index contributed by atoms with van der Waals surface area (Å²) in [6, 6.07) is 14.5. The zero-order valence-electron chi connectivity index (χ0n) is 19.0. The van der Waals surface area contributed by atoms with E-state index in [9.17, 15) is 9.59 Å². The normalized spacial score (nSPS) is 13.8. The summed E-state index contributed by atoms with van der Waals surface area (Å²) in [5.41, 5.74) is 1.86. The molecule has 7 heteroatoms. The monoisotopic (exact) mass is 438 g/mol. The van der Waals surface area contributed by atoms with Crippen molar-refractivity contribution in [2.24, 2.45) is 5.92 Å². The van der Waals surface area contributed by atoms with E-state index in [1.54, 1.807) is 18.2 Å². The summed E-state index contributed by atoms with van der Waals surface area (Å²) in [5, 5.41) is 3.15. The van der Waals surface area contributed by atoms with Gasteiger partial charge < -0.3 is 19.5 Å². The van der Waals surface area contributed by atoms with E-state index >= 15 is 0 Å². The van der Waals surface area contributed by atoms with E-state index in [4.69, 9.17) is 14.2 Å². The molecule has 0 aliphatic carbocycles. The summed E-state index contributed by atoms with van der Waals surface area (Å²) in [4.78, 5) is 27.5. The fourth-order valence-corrected chi connectivity index (χ4v) is 3.30. The van der Waals surface area contributed by atoms with Gasteiger partial charge in [-0.25, -0.2) is 0 Å². The largest absolute Gasteiger partial charge is 0.494 e. The van der Waals surface area contributed by atoms with Gasteiger partial charge in [0.05, 0.1) is 31.9 Å². The smallest absolute Gasteiger partial charge is 0.278 e. The van der Waals surface area contributed by atoms with Crippen LogP contribution in [0.4, 0.5) is 5.69 Å². The number of nitrogens with one attached hydrogen (secondary N) is 1. The van der Waals surface area contributed by atoms with Crippen LogP contribution in [0.2, 0.25) is 0 Å². The highest BCUT2D eigenvalue weighted by Gasteiger charge is 2.39. The van der Waals surface area contributed by atoms with Gasteiger partial charge in [-0.1, -0.05) is 32.0 Å². The zero-order chi connectivity index (χ0) is 23.1. The molecule has 1 aliphatic rings. The van der Waals surface area contributed by atoms with Gasteiger partial charge in [-0.05, 0) is 42.7 Å². The van der Waals surface area contributed by atoms with Crippen LogP contribution in [0, 0.1) is 5.92 Å². The Balaban J connectivity index is 1.94. The molecular weight excluding hydrogens is 408 g/mol. The van der Waals surface area contributed by atoms with Crippen molar-refractivity contribution in [1.82, 2.24) is 4.90 Å². The molecule has 0 fully saturated rings. The summed E-state index contributed by atoms with van der Waals surface area (Å²) < 4.78 is 16.4. The highest BCUT2D eigenvalue weighted by atomic mass is 16.5. The number of benzene rings is 2. The van der Waals surface area contributed by atoms with Gasteiger partial charge in [0.25, 0.3) is 11.8 Å². The minimum atomic E-state index is -0.385. The van der Waals surface area contributed by atoms with Gasteiger partial charge in [0.2, 0.25) is 0 Å². The summed E-state index contributed by atoms with van der Waals surface area (Å²) >= 11 is 0. The first-order valence-corrected chi connectivity index (χ1v) is 10.8. The van der Waals surface area contributed by atoms with Crippen LogP contribution < -0.4 is 14.8 Å². The standard InChI is InChI=1S/C25H30N2O5/c1-5-31-21-8-6-7-19(15-21)26-23-22(24(28)27(25(23)29)13-14-30-4)18-9-11-20(12-10-18)32-16-17(2)3/h6-12,15,17,26H,5,13-14,16H2,1-4H3. The molecule has 0 aromatic heterocycles. The van der Waals surface area contributed by atoms with E-state index in [1.807, 2.05) is 37.3 Å². The van der Waals surface area contributed by atoms with Crippen LogP contribution >= 0.6 is 0 Å². The van der Waals surface area contributed by atoms with Crippen molar-refractivity contribution in [3.05, 3.63) is 59.8 Å². The maximum Gasteiger partial charge on any atom is 0.278 e. The Morgan fingerprint density at radius 1 is 0.969 bits per heavy atom. The van der Waals surface area contributed by atoms with Gasteiger partial charge in [0.1, 0.15) is 17.2 Å². The van der Waals surface area contributed by atoms with Crippen molar-refractivity contribution in [2.45, 2.75) is 20.8 Å². The summed E-state index contributed by atoms with van der Waals surface area (Å²) in [6.07, 6.45) is 0. The fraction of sp³-hybridized carbons (Fsp3) is 0.360. The SMILES string of the molecule is CCOc1cccc(NC2=C(c3ccc(OCC(C)C)cc3)C(=O)N(CCOC)C2=O)c1. The van der Waals surface area contributed by atoms with E-state index in [-0.39, 0.29) is 30.7 Å². The molecule has 1 N–H and O–H groups in total. The van der Waals surface area contributed by atoms with E-state index in [1.165, 1.54) is 12.0 Å². The topological polar surface area (TPSA) is 77.1 Å². The Bertz CT molecular complexity index is 982. The molecule has 2 aromatic carbocycles. The van der Waals surface area contributed by atoms with Gasteiger partial charge in [-0.2, -0.15) is 0 Å². The van der Waals surface area contributed by atoms with Gasteiger partial charge in [0.15, 0.2) is 0 Å². The molecule has 0 saturated carbocycles. The summed E-state index contributed by atoms with van der Waals surface area (Å²) in [7, 11) is 1.54. The third-order valence-electron chi connectivity index (χ3n) is 4.83. The number of ether oxygens (including phenoxy) is 3. The van der Waals surface area contributed by atoms with E-state index in [2.05, 4.69) is 19.2 Å². The molecule has 2 aromatic rings. The van der Waals surface area contributed by atoms with Crippen molar-refractivity contribution in [1.29, 1.82) is 0 Å². The molecule has 0 unspecified atom stereocenters. The molecule has 2 amide bonds. The number of carbonyl (C=O) groups excluding carboxylic acids is 2. The number of hydrogen-bond acceptors (Lipinski definition) is 6. The lowest BCUT2D eigenvalue weighted by atomic mass is 10.0. The van der Waals surface area contributed by atoms with Gasteiger partial charge >= 0.3 is 0 Å². The van der Waals surface area contributed by atoms with Crippen molar-refractivity contribution in [2.75, 3.05) is 38.8 Å². The third kappa shape index (κ3) is 5.48. The average molecular weight is 439 g/mol. The minimum absolute atomic E-state index is 0.178. The minimum Gasteiger partial charge on any atom is -0.494 e. The predicted octanol–water partition coefficient (Wildman–Crippen LogP) is 3.96. The lowest BCUT2D eigenvalue weighted by Crippen LogP contribution is -2.35. The zero-order valence-corrected chi connectivity index (χ0v) is 19.0. The predicted molar refractivity (Wildman–Crippen MR) is 124 cm³/mol. The van der Waals surface area contributed by atoms with Crippen molar-refractivity contribution in [3.63, 3.8) is 0 Å². The van der Waals surface area contributed by atoms with Crippen LogP contribution in [0.25, 0.3) is 5.57 Å². The first-order valence-electron chi connectivity index (χ1n) is 10.8. The molecule has 32 heavy (non-hydrogen) atoms. The van der Waals surface area contributed by atoms with Gasteiger partial charge in [0, 0.05) is 18.9 Å². The summed E-state index contributed by atoms with van der Waals surface area (Å²) in [5.74, 6) is 1.06. The van der Waals surface area contributed by atoms with Gasteiger partial charge in [-0.15, -0.1) is 0 Å². The molecule has 7 nitrogen and oxygen atoms in total. The van der Waals surface area contributed by atoms with Crippen molar-refractivity contribution in [3.8, 4) is 11.5 Å². The second-order valence-electron chi connectivity index (χ2n) is 7.82. The quantitative estimate of drug-likeness (QED) is 0.535. The Hall–Kier alpha value is -3.32. The molecule has 0 spiro atoms. The van der Waals surface area contributed by atoms with Crippen molar-refractivity contribution < 1.29 is 23.8 Å². The Morgan fingerprint density at radius 2 is 1.72 bits per heavy atom. The first kappa shape index (κ1) is 23.3. The number of nitrogens with zero attached hydrogens (tertiary/aromatic N) is 1. The molecule has 0 radical (unpaired) electrons. The molecule has 0 atom stereocenters. The van der Waals surface area contributed by atoms with Crippen LogP contribution in [-0.4, -0.2) is 50.2 Å². The molecule has 0 bridgehead atoms. The van der Waals surface area contributed by atoms with Crippen LogP contribution in [0.1, 0.15) is 26.3 Å². The first-order chi connectivity index (χ1) is 15.4. The van der Waals surface area contributed by atoms with E-state index in [0.29, 0.717) is 41.7 Å². The lowest BCUT2D eigenvalue weighted by Gasteiger charge is -2.14. The maximum absolute atomic E-state index is 13.2. The maximum atomic E-state index is 13.2. The fourth-order valence-electron chi connectivity index (χ4n) is 3.30. The molecule has 1 heterocycles. The number of anilines is 1. The highest BCUT2D eigenvalue weighted by molar-refractivity contribution is 6.36. The summed E-state index contributed by atoms with van der Waals surface area (Å²) in [6.45, 7) is 7.64. The number of imide groups is 1. The molecule has 0 saturated heterocycles. The van der Waals surface area contributed by atoms with Crippen molar-refractivity contribution >= 4 is 23.1 Å². The Kier molecular flexibility index (Phi) is 7.89. The number of rotatable bonds is 11. The van der Waals surface area contributed by atoms with Crippen LogP contribution in [-0.2, 0) is 14.3 Å². The van der Waals surface area contributed by atoms with E-state index in [0.717, 1.165) is 5.75 Å². The molecule has 3 rings (SSSR count).